The van der Waals surface area contributed by atoms with Gasteiger partial charge in [-0.2, -0.15) is 0 Å². The maximum atomic E-state index is 12.4. The van der Waals surface area contributed by atoms with E-state index in [2.05, 4.69) is 38.1 Å². The van der Waals surface area contributed by atoms with Gasteiger partial charge in [-0.1, -0.05) is 5.16 Å². The highest BCUT2D eigenvalue weighted by Crippen LogP contribution is 2.33. The molecule has 2 aromatic heterocycles. The van der Waals surface area contributed by atoms with Crippen LogP contribution in [-0.2, 0) is 16.0 Å². The minimum absolute atomic E-state index is 0.187. The molecule has 3 aliphatic heterocycles. The van der Waals surface area contributed by atoms with E-state index in [1.54, 1.807) is 18.5 Å². The third-order valence-electron chi connectivity index (χ3n) is 6.35. The molecule has 0 spiro atoms. The lowest BCUT2D eigenvalue weighted by Gasteiger charge is -2.05. The van der Waals surface area contributed by atoms with Crippen LogP contribution in [0.25, 0.3) is 11.6 Å². The Morgan fingerprint density at radius 1 is 1.08 bits per heavy atom. The zero-order valence-electron chi connectivity index (χ0n) is 21.2. The number of nitrogens with zero attached hydrogens (tertiary/aromatic N) is 4. The summed E-state index contributed by atoms with van der Waals surface area (Å²) in [6.07, 6.45) is 15.7. The van der Waals surface area contributed by atoms with Crippen molar-refractivity contribution < 1.29 is 14.1 Å². The van der Waals surface area contributed by atoms with Crippen molar-refractivity contribution in [1.29, 1.82) is 0 Å². The summed E-state index contributed by atoms with van der Waals surface area (Å²) in [7, 11) is 0. The van der Waals surface area contributed by atoms with Gasteiger partial charge < -0.3 is 14.2 Å². The maximum Gasteiger partial charge on any atom is 0.312 e. The minimum Gasteiger partial charge on any atom is -0.407 e. The van der Waals surface area contributed by atoms with E-state index in [4.69, 9.17) is 9.26 Å². The molecule has 37 heavy (non-hydrogen) atoms. The van der Waals surface area contributed by atoms with Crippen LogP contribution < -0.4 is 0 Å². The van der Waals surface area contributed by atoms with Crippen LogP contribution in [0.3, 0.4) is 0 Å². The summed E-state index contributed by atoms with van der Waals surface area (Å²) in [4.78, 5) is 29.5. The van der Waals surface area contributed by atoms with E-state index in [-0.39, 0.29) is 12.4 Å². The van der Waals surface area contributed by atoms with E-state index >= 15 is 0 Å². The number of hydrogen-bond donors (Lipinski definition) is 1. The van der Waals surface area contributed by atoms with Gasteiger partial charge in [-0.3, -0.25) is 9.79 Å². The molecule has 3 aliphatic rings. The summed E-state index contributed by atoms with van der Waals surface area (Å²) in [6.45, 7) is 7.99. The molecule has 0 radical (unpaired) electrons. The molecular formula is C29H27N5O3. The first-order valence-electron chi connectivity index (χ1n) is 12.1. The highest BCUT2D eigenvalue weighted by Gasteiger charge is 2.24. The minimum atomic E-state index is -0.359. The van der Waals surface area contributed by atoms with Crippen LogP contribution >= 0.6 is 0 Å². The van der Waals surface area contributed by atoms with Crippen molar-refractivity contribution in [2.45, 2.75) is 40.5 Å². The fourth-order valence-corrected chi connectivity index (χ4v) is 4.26. The Hall–Kier alpha value is -4.59. The molecule has 0 bridgehead atoms. The van der Waals surface area contributed by atoms with Gasteiger partial charge in [-0.05, 0) is 86.9 Å². The molecule has 0 aliphatic carbocycles. The molecule has 0 saturated heterocycles. The van der Waals surface area contributed by atoms with Gasteiger partial charge in [-0.25, -0.2) is 9.98 Å². The van der Waals surface area contributed by atoms with Crippen molar-refractivity contribution >= 4 is 35.4 Å². The van der Waals surface area contributed by atoms with Crippen LogP contribution in [-0.4, -0.2) is 33.9 Å². The van der Waals surface area contributed by atoms with E-state index in [0.717, 1.165) is 56.5 Å². The average molecular weight is 494 g/mol. The number of nitrogens with one attached hydrogen (secondary N) is 1. The van der Waals surface area contributed by atoms with Gasteiger partial charge >= 0.3 is 5.97 Å². The van der Waals surface area contributed by atoms with Gasteiger partial charge in [0.1, 0.15) is 5.76 Å². The van der Waals surface area contributed by atoms with Gasteiger partial charge in [0, 0.05) is 35.7 Å². The van der Waals surface area contributed by atoms with E-state index in [1.807, 2.05) is 57.2 Å². The van der Waals surface area contributed by atoms with Gasteiger partial charge in [-0.15, -0.1) is 0 Å². The topological polar surface area (TPSA) is 105 Å². The van der Waals surface area contributed by atoms with Crippen molar-refractivity contribution in [3.8, 4) is 0 Å². The fraction of sp³-hybridized carbons (Fsp3) is 0.207. The summed E-state index contributed by atoms with van der Waals surface area (Å²) in [5.41, 5.74) is 9.25. The summed E-state index contributed by atoms with van der Waals surface area (Å²) in [5, 5.41) is 3.65. The SMILES string of the molecule is CC1=C(C)/C(=C(\C)c2[nH]c(/C=C3\C=CC(/C=C4/C=CC=N4)=N3)cc2C)N=C1OC(=O)CCc1ccno1. The zero-order chi connectivity index (χ0) is 25.9. The molecule has 0 aromatic carbocycles. The van der Waals surface area contributed by atoms with Crippen LogP contribution in [0.5, 0.6) is 0 Å². The number of rotatable bonds is 6. The quantitative estimate of drug-likeness (QED) is 0.510. The number of aryl methyl sites for hydroxylation is 2. The first-order chi connectivity index (χ1) is 17.9. The fourth-order valence-electron chi connectivity index (χ4n) is 4.26. The number of esters is 1. The van der Waals surface area contributed by atoms with Crippen LogP contribution in [0, 0.1) is 6.92 Å². The molecule has 0 unspecified atom stereocenters. The summed E-state index contributed by atoms with van der Waals surface area (Å²) in [5.74, 6) is 0.627. The molecular weight excluding hydrogens is 466 g/mol. The number of carbonyl (C=O) groups is 1. The van der Waals surface area contributed by atoms with Gasteiger partial charge in [0.25, 0.3) is 0 Å². The number of hydrogen-bond acceptors (Lipinski definition) is 7. The molecule has 0 amide bonds. The van der Waals surface area contributed by atoms with Crippen molar-refractivity contribution in [3.63, 3.8) is 0 Å². The second-order valence-corrected chi connectivity index (χ2v) is 9.02. The zero-order valence-corrected chi connectivity index (χ0v) is 21.2. The highest BCUT2D eigenvalue weighted by molar-refractivity contribution is 6.08. The van der Waals surface area contributed by atoms with Gasteiger partial charge in [0.2, 0.25) is 5.90 Å². The van der Waals surface area contributed by atoms with Gasteiger partial charge in [0.05, 0.1) is 35.4 Å². The predicted molar refractivity (Wildman–Crippen MR) is 145 cm³/mol. The molecule has 8 heteroatoms. The lowest BCUT2D eigenvalue weighted by molar-refractivity contribution is -0.135. The second-order valence-electron chi connectivity index (χ2n) is 9.02. The number of allylic oxidation sites excluding steroid dienone is 7. The molecule has 186 valence electrons. The average Bonchev–Trinajstić information content (AvgIpc) is 3.70. The van der Waals surface area contributed by atoms with Crippen molar-refractivity contribution in [2.24, 2.45) is 15.0 Å². The Kier molecular flexibility index (Phi) is 6.64. The second kappa shape index (κ2) is 10.2. The molecule has 0 atom stereocenters. The lowest BCUT2D eigenvalue weighted by atomic mass is 10.0. The Labute approximate surface area is 214 Å². The number of ether oxygens (including phenoxy) is 1. The number of aromatic amines is 1. The third kappa shape index (κ3) is 5.33. The summed E-state index contributed by atoms with van der Waals surface area (Å²) >= 11 is 0. The number of aliphatic imine (C=N–C) groups is 3. The molecule has 2 aromatic rings. The van der Waals surface area contributed by atoms with Crippen LogP contribution in [0.1, 0.15) is 49.9 Å². The number of aromatic nitrogens is 2. The Bertz CT molecular complexity index is 1520. The standard InChI is InChI=1S/C29H27N5O3/c1-17-14-24(16-23-8-7-22(32-23)15-21-6-5-12-30-21)33-27(17)20(4)28-18(2)19(3)29(34-28)36-26(35)10-9-25-11-13-31-37-25/h5-8,11-16,33H,9-10H2,1-4H3/b21-15-,23-16+,28-20-. The smallest absolute Gasteiger partial charge is 0.312 e. The third-order valence-corrected chi connectivity index (χ3v) is 6.35. The van der Waals surface area contributed by atoms with Crippen LogP contribution in [0.2, 0.25) is 0 Å². The van der Waals surface area contributed by atoms with Crippen molar-refractivity contribution in [3.05, 3.63) is 99.7 Å². The number of carbonyl (C=O) groups excluding carboxylic acids is 1. The molecule has 5 heterocycles. The molecule has 8 nitrogen and oxygen atoms in total. The summed E-state index contributed by atoms with van der Waals surface area (Å²) < 4.78 is 10.6. The first kappa shape index (κ1) is 24.1. The van der Waals surface area contributed by atoms with Crippen LogP contribution in [0.15, 0.2) is 96.4 Å². The van der Waals surface area contributed by atoms with Crippen LogP contribution in [0.4, 0.5) is 0 Å². The Balaban J connectivity index is 1.33. The number of H-pyrrole nitrogens is 1. The molecule has 0 fully saturated rings. The van der Waals surface area contributed by atoms with Crippen molar-refractivity contribution in [1.82, 2.24) is 10.1 Å². The normalized spacial score (nSPS) is 20.0. The molecule has 1 N–H and O–H groups in total. The molecule has 5 rings (SSSR count). The van der Waals surface area contributed by atoms with E-state index < -0.39 is 0 Å². The lowest BCUT2D eigenvalue weighted by Crippen LogP contribution is -2.12. The van der Waals surface area contributed by atoms with E-state index in [9.17, 15) is 4.79 Å². The Morgan fingerprint density at radius 2 is 1.95 bits per heavy atom. The first-order valence-corrected chi connectivity index (χ1v) is 12.1. The maximum absolute atomic E-state index is 12.4. The van der Waals surface area contributed by atoms with E-state index in [1.165, 1.54) is 0 Å². The highest BCUT2D eigenvalue weighted by atomic mass is 16.5. The van der Waals surface area contributed by atoms with E-state index in [0.29, 0.717) is 18.1 Å². The van der Waals surface area contributed by atoms with Crippen molar-refractivity contribution in [2.75, 3.05) is 0 Å². The monoisotopic (exact) mass is 493 g/mol. The predicted octanol–water partition coefficient (Wildman–Crippen LogP) is 5.84. The summed E-state index contributed by atoms with van der Waals surface area (Å²) in [6, 6.07) is 3.82. The van der Waals surface area contributed by atoms with Gasteiger partial charge in [0.15, 0.2) is 0 Å². The Morgan fingerprint density at radius 3 is 2.70 bits per heavy atom. The largest absolute Gasteiger partial charge is 0.407 e. The molecule has 0 saturated carbocycles.